The summed E-state index contributed by atoms with van der Waals surface area (Å²) in [4.78, 5) is 0. The first-order valence-corrected chi connectivity index (χ1v) is 5.94. The second-order valence-corrected chi connectivity index (χ2v) is 4.48. The van der Waals surface area contributed by atoms with Gasteiger partial charge in [-0.1, -0.05) is 0 Å². The Bertz CT molecular complexity index is 681. The molecule has 2 heterocycles. The summed E-state index contributed by atoms with van der Waals surface area (Å²) in [6.45, 7) is 0.876. The summed E-state index contributed by atoms with van der Waals surface area (Å²) in [5.74, 6) is -0.187. The Balaban J connectivity index is 1.82. The van der Waals surface area contributed by atoms with E-state index in [1.54, 1.807) is 10.7 Å². The van der Waals surface area contributed by atoms with Gasteiger partial charge in [0.25, 0.3) is 0 Å². The molecule has 0 radical (unpaired) electrons. The third-order valence-corrected chi connectivity index (χ3v) is 3.13. The maximum absolute atomic E-state index is 13.1. The summed E-state index contributed by atoms with van der Waals surface area (Å²) >= 11 is 0. The van der Waals surface area contributed by atoms with E-state index >= 15 is 0 Å². The Kier molecular flexibility index (Phi) is 2.63. The van der Waals surface area contributed by atoms with Crippen molar-refractivity contribution in [3.63, 3.8) is 0 Å². The molecule has 3 nitrogen and oxygen atoms in total. The number of hydrogen-bond donors (Lipinski definition) is 0. The zero-order chi connectivity index (χ0) is 12.5. The van der Waals surface area contributed by atoms with Crippen molar-refractivity contribution < 1.29 is 4.39 Å². The van der Waals surface area contributed by atoms with Crippen LogP contribution in [0.3, 0.4) is 0 Å². The maximum Gasteiger partial charge on any atom is 0.123 e. The number of nitrogens with zero attached hydrogens (tertiary/aromatic N) is 3. The smallest absolute Gasteiger partial charge is 0.123 e. The second kappa shape index (κ2) is 4.29. The van der Waals surface area contributed by atoms with Crippen LogP contribution in [-0.4, -0.2) is 14.3 Å². The van der Waals surface area contributed by atoms with Gasteiger partial charge in [-0.2, -0.15) is 5.10 Å². The molecule has 0 aliphatic heterocycles. The Hall–Kier alpha value is -2.10. The number of hydrogen-bond acceptors (Lipinski definition) is 1. The number of aryl methyl sites for hydroxylation is 3. The normalized spacial score (nSPS) is 11.2. The van der Waals surface area contributed by atoms with E-state index in [1.165, 1.54) is 11.6 Å². The van der Waals surface area contributed by atoms with Crippen molar-refractivity contribution >= 4 is 10.9 Å². The molecule has 3 aromatic rings. The van der Waals surface area contributed by atoms with Gasteiger partial charge in [-0.15, -0.1) is 0 Å². The highest BCUT2D eigenvalue weighted by molar-refractivity contribution is 5.80. The average Bonchev–Trinajstić information content (AvgIpc) is 2.92. The monoisotopic (exact) mass is 243 g/mol. The lowest BCUT2D eigenvalue weighted by Gasteiger charge is -2.04. The molecular weight excluding hydrogens is 229 g/mol. The van der Waals surface area contributed by atoms with Crippen molar-refractivity contribution in [3.05, 3.63) is 54.2 Å². The third kappa shape index (κ3) is 2.01. The molecule has 3 rings (SSSR count). The van der Waals surface area contributed by atoms with Crippen molar-refractivity contribution in [1.82, 2.24) is 14.3 Å². The van der Waals surface area contributed by atoms with Crippen LogP contribution in [-0.2, 0) is 20.0 Å². The van der Waals surface area contributed by atoms with Gasteiger partial charge in [0.2, 0.25) is 0 Å². The summed E-state index contributed by atoms with van der Waals surface area (Å²) in [5, 5.41) is 5.09. The van der Waals surface area contributed by atoms with E-state index in [2.05, 4.69) is 9.67 Å². The van der Waals surface area contributed by atoms with Crippen LogP contribution in [0.25, 0.3) is 10.9 Å². The first-order chi connectivity index (χ1) is 8.72. The van der Waals surface area contributed by atoms with E-state index in [4.69, 9.17) is 0 Å². The molecule has 0 saturated carbocycles. The van der Waals surface area contributed by atoms with Gasteiger partial charge in [0.15, 0.2) is 0 Å². The highest BCUT2D eigenvalue weighted by Gasteiger charge is 2.03. The maximum atomic E-state index is 13.1. The van der Waals surface area contributed by atoms with Gasteiger partial charge < -0.3 is 4.57 Å². The van der Waals surface area contributed by atoms with Gasteiger partial charge in [0, 0.05) is 36.9 Å². The Morgan fingerprint density at radius 3 is 2.94 bits per heavy atom. The van der Waals surface area contributed by atoms with Crippen LogP contribution in [0.4, 0.5) is 4.39 Å². The minimum absolute atomic E-state index is 0.187. The molecule has 0 unspecified atom stereocenters. The summed E-state index contributed by atoms with van der Waals surface area (Å²) in [6.07, 6.45) is 6.83. The van der Waals surface area contributed by atoms with E-state index in [9.17, 15) is 4.39 Å². The zero-order valence-corrected chi connectivity index (χ0v) is 10.2. The number of benzene rings is 1. The van der Waals surface area contributed by atoms with E-state index in [0.29, 0.717) is 0 Å². The third-order valence-electron chi connectivity index (χ3n) is 3.13. The SMILES string of the molecule is Cn1cc(CCn2ccc3cc(F)ccc32)cn1. The van der Waals surface area contributed by atoms with Gasteiger partial charge in [-0.25, -0.2) is 4.39 Å². The standard InChI is InChI=1S/C14H14FN3/c1-17-10-11(9-16-17)4-6-18-7-5-12-8-13(15)2-3-14(12)18/h2-3,5,7-10H,4,6H2,1H3. The fraction of sp³-hybridized carbons (Fsp3) is 0.214. The molecule has 0 amide bonds. The lowest BCUT2D eigenvalue weighted by Crippen LogP contribution is -1.99. The Morgan fingerprint density at radius 2 is 2.17 bits per heavy atom. The number of halogens is 1. The van der Waals surface area contributed by atoms with Gasteiger partial charge >= 0.3 is 0 Å². The van der Waals surface area contributed by atoms with E-state index in [0.717, 1.165) is 23.9 Å². The summed E-state index contributed by atoms with van der Waals surface area (Å²) < 4.78 is 17.0. The predicted molar refractivity (Wildman–Crippen MR) is 68.8 cm³/mol. The van der Waals surface area contributed by atoms with E-state index in [1.807, 2.05) is 37.8 Å². The van der Waals surface area contributed by atoms with Crippen molar-refractivity contribution in [3.8, 4) is 0 Å². The molecule has 0 fully saturated rings. The molecule has 4 heteroatoms. The minimum Gasteiger partial charge on any atom is -0.347 e. The van der Waals surface area contributed by atoms with Gasteiger partial charge in [0.05, 0.1) is 6.20 Å². The largest absolute Gasteiger partial charge is 0.347 e. The molecule has 18 heavy (non-hydrogen) atoms. The lowest BCUT2D eigenvalue weighted by molar-refractivity contribution is 0.629. The van der Waals surface area contributed by atoms with Crippen LogP contribution >= 0.6 is 0 Å². The highest BCUT2D eigenvalue weighted by Crippen LogP contribution is 2.17. The summed E-state index contributed by atoms with van der Waals surface area (Å²) in [6, 6.07) is 6.84. The minimum atomic E-state index is -0.187. The lowest BCUT2D eigenvalue weighted by atomic mass is 10.2. The van der Waals surface area contributed by atoms with Crippen molar-refractivity contribution in [2.45, 2.75) is 13.0 Å². The average molecular weight is 243 g/mol. The van der Waals surface area contributed by atoms with Gasteiger partial charge in [-0.3, -0.25) is 4.68 Å². The molecule has 0 saturated heterocycles. The highest BCUT2D eigenvalue weighted by atomic mass is 19.1. The second-order valence-electron chi connectivity index (χ2n) is 4.48. The molecular formula is C14H14FN3. The molecule has 0 N–H and O–H groups in total. The Morgan fingerprint density at radius 1 is 1.28 bits per heavy atom. The fourth-order valence-electron chi connectivity index (χ4n) is 2.22. The van der Waals surface area contributed by atoms with Crippen molar-refractivity contribution in [1.29, 1.82) is 0 Å². The van der Waals surface area contributed by atoms with Gasteiger partial charge in [0.1, 0.15) is 5.82 Å². The van der Waals surface area contributed by atoms with Crippen LogP contribution in [0.5, 0.6) is 0 Å². The molecule has 2 aromatic heterocycles. The van der Waals surface area contributed by atoms with Crippen molar-refractivity contribution in [2.75, 3.05) is 0 Å². The van der Waals surface area contributed by atoms with Crippen molar-refractivity contribution in [2.24, 2.45) is 7.05 Å². The number of aromatic nitrogens is 3. The zero-order valence-electron chi connectivity index (χ0n) is 10.2. The summed E-state index contributed by atoms with van der Waals surface area (Å²) in [5.41, 5.74) is 2.28. The predicted octanol–water partition coefficient (Wildman–Crippen LogP) is 2.76. The van der Waals surface area contributed by atoms with Crippen LogP contribution in [0.1, 0.15) is 5.56 Å². The van der Waals surface area contributed by atoms with Crippen LogP contribution < -0.4 is 0 Å². The first kappa shape index (κ1) is 11.0. The number of rotatable bonds is 3. The molecule has 0 spiro atoms. The molecule has 0 aliphatic carbocycles. The topological polar surface area (TPSA) is 22.8 Å². The molecule has 0 bridgehead atoms. The van der Waals surface area contributed by atoms with E-state index in [-0.39, 0.29) is 5.82 Å². The van der Waals surface area contributed by atoms with Crippen LogP contribution in [0.2, 0.25) is 0 Å². The molecule has 0 aliphatic rings. The van der Waals surface area contributed by atoms with Crippen LogP contribution in [0.15, 0.2) is 42.9 Å². The van der Waals surface area contributed by atoms with Gasteiger partial charge in [-0.05, 0) is 36.2 Å². The first-order valence-electron chi connectivity index (χ1n) is 5.94. The molecule has 0 atom stereocenters. The molecule has 92 valence electrons. The van der Waals surface area contributed by atoms with Crippen LogP contribution in [0, 0.1) is 5.82 Å². The van der Waals surface area contributed by atoms with E-state index < -0.39 is 0 Å². The molecule has 1 aromatic carbocycles. The summed E-state index contributed by atoms with van der Waals surface area (Å²) in [7, 11) is 1.91. The Labute approximate surface area is 104 Å². The fourth-order valence-corrected chi connectivity index (χ4v) is 2.22. The quantitative estimate of drug-likeness (QED) is 0.693. The number of fused-ring (bicyclic) bond motifs is 1.